The summed E-state index contributed by atoms with van der Waals surface area (Å²) in [6.45, 7) is 7.17. The molecule has 0 aromatic heterocycles. The fourth-order valence-corrected chi connectivity index (χ4v) is 33.5. The summed E-state index contributed by atoms with van der Waals surface area (Å²) in [5.74, 6) is -0.301. The van der Waals surface area contributed by atoms with Crippen LogP contribution >= 0.6 is 17.0 Å². The molecular formula is C27H35Cl2SiZr. The van der Waals surface area contributed by atoms with E-state index in [1.165, 1.54) is 47.9 Å². The third-order valence-corrected chi connectivity index (χ3v) is 61.3. The molecule has 0 nitrogen and oxygen atoms in total. The van der Waals surface area contributed by atoms with E-state index >= 15 is 0 Å². The summed E-state index contributed by atoms with van der Waals surface area (Å²) in [5.41, 5.74) is 5.64. The monoisotopic (exact) mass is 547 g/mol. The fourth-order valence-electron chi connectivity index (χ4n) is 5.83. The Labute approximate surface area is 197 Å². The summed E-state index contributed by atoms with van der Waals surface area (Å²) < 4.78 is 1.55. The number of rotatable bonds is 9. The molecule has 4 heteroatoms. The minimum atomic E-state index is -3.97. The van der Waals surface area contributed by atoms with Crippen LogP contribution in [0.3, 0.4) is 0 Å². The Hall–Kier alpha value is -0.400. The van der Waals surface area contributed by atoms with Gasteiger partial charge in [-0.2, -0.15) is 0 Å². The molecule has 0 radical (unpaired) electrons. The van der Waals surface area contributed by atoms with E-state index in [9.17, 15) is 0 Å². The molecule has 0 heterocycles. The van der Waals surface area contributed by atoms with E-state index in [4.69, 9.17) is 17.0 Å². The van der Waals surface area contributed by atoms with Crippen LogP contribution in [0.4, 0.5) is 0 Å². The van der Waals surface area contributed by atoms with Gasteiger partial charge in [-0.15, -0.1) is 0 Å². The van der Waals surface area contributed by atoms with Crippen LogP contribution in [-0.2, 0) is 15.6 Å². The number of fused-ring (bicyclic) bond motifs is 2. The molecule has 0 fully saturated rings. The van der Waals surface area contributed by atoms with E-state index in [-0.39, 0.29) is 0 Å². The van der Waals surface area contributed by atoms with Gasteiger partial charge in [0.05, 0.1) is 0 Å². The van der Waals surface area contributed by atoms with Crippen molar-refractivity contribution in [3.05, 3.63) is 82.9 Å². The average molecular weight is 550 g/mol. The second kappa shape index (κ2) is 9.46. The maximum absolute atomic E-state index is 7.89. The van der Waals surface area contributed by atoms with Crippen LogP contribution in [0.1, 0.15) is 66.7 Å². The number of benzene rings is 2. The number of hydrogen-bond acceptors (Lipinski definition) is 0. The fraction of sp³-hybridized carbons (Fsp3) is 0.407. The van der Waals surface area contributed by atoms with Gasteiger partial charge < -0.3 is 0 Å². The Balaban J connectivity index is 1.57. The van der Waals surface area contributed by atoms with Crippen LogP contribution in [0.2, 0.25) is 20.8 Å². The minimum absolute atomic E-state index is 0.401. The second-order valence-electron chi connectivity index (χ2n) is 9.96. The second-order valence-corrected chi connectivity index (χ2v) is 54.3. The van der Waals surface area contributed by atoms with Crippen LogP contribution in [0.5, 0.6) is 0 Å². The Morgan fingerprint density at radius 1 is 0.839 bits per heavy atom. The van der Waals surface area contributed by atoms with Crippen molar-refractivity contribution in [1.29, 1.82) is 0 Å². The molecule has 0 bridgehead atoms. The van der Waals surface area contributed by atoms with Crippen molar-refractivity contribution in [3.63, 3.8) is 0 Å². The predicted molar refractivity (Wildman–Crippen MR) is 140 cm³/mol. The zero-order valence-electron chi connectivity index (χ0n) is 19.0. The molecule has 0 aliphatic heterocycles. The first-order valence-corrected chi connectivity index (χ1v) is 28.6. The van der Waals surface area contributed by atoms with Gasteiger partial charge in [0.15, 0.2) is 0 Å². The quantitative estimate of drug-likeness (QED) is 0.273. The maximum atomic E-state index is 7.89. The van der Waals surface area contributed by atoms with Gasteiger partial charge in [-0.3, -0.25) is 0 Å². The van der Waals surface area contributed by atoms with Crippen molar-refractivity contribution in [2.45, 2.75) is 65.3 Å². The van der Waals surface area contributed by atoms with Gasteiger partial charge in [-0.1, -0.05) is 0 Å². The number of halogens is 2. The standard InChI is InChI=1S/C15H19.C10H9.C2H7Si.2ClH.Zr/c1-2-3-4-5-8-13-11-12-14-9-6-7-10-15(13)14;1-8-6-7-9-4-2-3-5-10(8)9;1-3-2;;;/h4,6-7,9-13H,2-3,5,8H2,1H3;2-8H,1H2;3H,1-2H3;2*1H;/q;;;;;+2/p-2. The molecule has 2 aromatic rings. The third-order valence-electron chi connectivity index (χ3n) is 7.89. The van der Waals surface area contributed by atoms with E-state index in [1.807, 2.05) is 0 Å². The Kier molecular flexibility index (Phi) is 7.24. The van der Waals surface area contributed by atoms with Crippen LogP contribution in [0.15, 0.2) is 60.7 Å². The zero-order valence-corrected chi connectivity index (χ0v) is 24.2. The van der Waals surface area contributed by atoms with E-state index in [2.05, 4.69) is 92.9 Å². The Morgan fingerprint density at radius 3 is 1.97 bits per heavy atom. The molecule has 3 atom stereocenters. The van der Waals surface area contributed by atoms with E-state index in [0.29, 0.717) is 15.5 Å². The summed E-state index contributed by atoms with van der Waals surface area (Å²) in [6.07, 6.45) is 14.0. The average Bonchev–Trinajstić information content (AvgIpc) is 3.35. The van der Waals surface area contributed by atoms with Crippen LogP contribution < -0.4 is 0 Å². The summed E-state index contributed by atoms with van der Waals surface area (Å²) in [7, 11) is 15.8. The summed E-state index contributed by atoms with van der Waals surface area (Å²) in [6, 6.07) is 17.6. The van der Waals surface area contributed by atoms with Crippen molar-refractivity contribution >= 4 is 35.1 Å². The molecule has 2 aliphatic carbocycles. The summed E-state index contributed by atoms with van der Waals surface area (Å²) in [5, 5.41) is 0. The predicted octanol–water partition coefficient (Wildman–Crippen LogP) is 9.38. The van der Waals surface area contributed by atoms with Gasteiger partial charge in [0.1, 0.15) is 0 Å². The van der Waals surface area contributed by atoms with Gasteiger partial charge in [0.25, 0.3) is 0 Å². The summed E-state index contributed by atoms with van der Waals surface area (Å²) in [4.78, 5) is 0. The van der Waals surface area contributed by atoms with Gasteiger partial charge >= 0.3 is 199 Å². The third kappa shape index (κ3) is 4.65. The molecule has 3 unspecified atom stereocenters. The van der Waals surface area contributed by atoms with Crippen LogP contribution in [0, 0.1) is 0 Å². The molecule has 31 heavy (non-hydrogen) atoms. The molecule has 0 saturated carbocycles. The molecular weight excluding hydrogens is 515 g/mol. The molecule has 0 N–H and O–H groups in total. The van der Waals surface area contributed by atoms with Gasteiger partial charge in [-0.05, 0) is 0 Å². The molecule has 4 rings (SSSR count). The molecule has 0 saturated heterocycles. The van der Waals surface area contributed by atoms with Crippen molar-refractivity contribution in [3.8, 4) is 0 Å². The van der Waals surface area contributed by atoms with Gasteiger partial charge in [0, 0.05) is 0 Å². The Morgan fingerprint density at radius 2 is 1.39 bits per heavy atom. The van der Waals surface area contributed by atoms with E-state index < -0.39 is 21.5 Å². The van der Waals surface area contributed by atoms with Crippen molar-refractivity contribution in [2.24, 2.45) is 0 Å². The molecule has 2 aromatic carbocycles. The molecule has 165 valence electrons. The number of hydrogen-bond donors (Lipinski definition) is 0. The summed E-state index contributed by atoms with van der Waals surface area (Å²) >= 11 is -3.97. The van der Waals surface area contributed by atoms with Crippen molar-refractivity contribution in [2.75, 3.05) is 0 Å². The normalized spacial score (nSPS) is 21.7. The first-order valence-electron chi connectivity index (χ1n) is 11.9. The Bertz CT molecular complexity index is 994. The molecule has 2 aliphatic rings. The number of allylic oxidation sites excluding steroid dienone is 2. The van der Waals surface area contributed by atoms with Crippen molar-refractivity contribution in [1.82, 2.24) is 0 Å². The van der Waals surface area contributed by atoms with Crippen LogP contribution in [-0.4, -0.2) is 5.92 Å². The van der Waals surface area contributed by atoms with E-state index in [1.54, 1.807) is 0 Å². The van der Waals surface area contributed by atoms with Gasteiger partial charge in [0.2, 0.25) is 0 Å². The van der Waals surface area contributed by atoms with Crippen molar-refractivity contribution < 1.29 is 15.6 Å². The SMILES string of the molecule is CCC[CH](CCC1C=Cc2ccccc21)[Zr]([Cl])([Cl])([CH2]C1C=Cc2ccccc21)[SiH](C)C. The topological polar surface area (TPSA) is 0 Å². The van der Waals surface area contributed by atoms with Gasteiger partial charge in [-0.25, -0.2) is 0 Å². The molecule has 0 spiro atoms. The first-order chi connectivity index (χ1) is 14.8. The zero-order chi connectivity index (χ0) is 22.1. The molecule has 0 amide bonds. The van der Waals surface area contributed by atoms with Crippen LogP contribution in [0.25, 0.3) is 12.2 Å². The van der Waals surface area contributed by atoms with E-state index in [0.717, 1.165) is 4.13 Å². The first kappa shape index (κ1) is 23.7.